The first kappa shape index (κ1) is 14.1. The molecule has 0 unspecified atom stereocenters. The molecule has 4 rings (SSSR count). The summed E-state index contributed by atoms with van der Waals surface area (Å²) in [4.78, 5) is 16.5. The summed E-state index contributed by atoms with van der Waals surface area (Å²) in [6, 6.07) is 5.48. The van der Waals surface area contributed by atoms with E-state index in [-0.39, 0.29) is 6.03 Å². The molecular formula is C15H16N6OS. The fourth-order valence-electron chi connectivity index (χ4n) is 2.80. The summed E-state index contributed by atoms with van der Waals surface area (Å²) in [5.74, 6) is 1.81. The number of urea groups is 1. The van der Waals surface area contributed by atoms with Crippen molar-refractivity contribution >= 4 is 33.3 Å². The molecule has 3 heterocycles. The van der Waals surface area contributed by atoms with Gasteiger partial charge >= 0.3 is 6.03 Å². The second-order valence-electron chi connectivity index (χ2n) is 5.51. The number of anilines is 1. The zero-order chi connectivity index (χ0) is 15.8. The van der Waals surface area contributed by atoms with Gasteiger partial charge in [-0.3, -0.25) is 0 Å². The summed E-state index contributed by atoms with van der Waals surface area (Å²) in [5.41, 5.74) is 1.63. The van der Waals surface area contributed by atoms with Crippen LogP contribution in [0.1, 0.15) is 23.1 Å². The SMILES string of the molecule is Cc1nc2cc(NC(=O)NCc3nnc4n3CCC4)ccc2s1. The third kappa shape index (κ3) is 2.77. The lowest BCUT2D eigenvalue weighted by Gasteiger charge is -2.08. The highest BCUT2D eigenvalue weighted by atomic mass is 32.1. The van der Waals surface area contributed by atoms with Crippen LogP contribution >= 0.6 is 11.3 Å². The number of nitrogens with zero attached hydrogens (tertiary/aromatic N) is 4. The Morgan fingerprint density at radius 1 is 1.39 bits per heavy atom. The summed E-state index contributed by atoms with van der Waals surface area (Å²) < 4.78 is 3.19. The Hall–Kier alpha value is -2.48. The maximum atomic E-state index is 12.1. The zero-order valence-electron chi connectivity index (χ0n) is 12.7. The molecule has 3 aromatic rings. The first-order valence-electron chi connectivity index (χ1n) is 7.52. The van der Waals surface area contributed by atoms with Crippen LogP contribution in [-0.4, -0.2) is 25.8 Å². The van der Waals surface area contributed by atoms with Gasteiger partial charge in [0.05, 0.1) is 21.8 Å². The highest BCUT2D eigenvalue weighted by Crippen LogP contribution is 2.24. The van der Waals surface area contributed by atoms with Crippen LogP contribution in [-0.2, 0) is 19.5 Å². The first-order chi connectivity index (χ1) is 11.2. The van der Waals surface area contributed by atoms with Crippen molar-refractivity contribution in [3.8, 4) is 0 Å². The maximum Gasteiger partial charge on any atom is 0.319 e. The molecule has 0 aliphatic carbocycles. The van der Waals surface area contributed by atoms with Gasteiger partial charge in [0.25, 0.3) is 0 Å². The minimum absolute atomic E-state index is 0.258. The van der Waals surface area contributed by atoms with Crippen LogP contribution < -0.4 is 10.6 Å². The summed E-state index contributed by atoms with van der Waals surface area (Å²) >= 11 is 1.64. The van der Waals surface area contributed by atoms with E-state index in [0.717, 1.165) is 51.9 Å². The molecule has 2 amide bonds. The molecule has 23 heavy (non-hydrogen) atoms. The van der Waals surface area contributed by atoms with Crippen molar-refractivity contribution in [1.82, 2.24) is 25.1 Å². The van der Waals surface area contributed by atoms with Crippen molar-refractivity contribution in [3.63, 3.8) is 0 Å². The number of aromatic nitrogens is 4. The van der Waals surface area contributed by atoms with E-state index < -0.39 is 0 Å². The number of nitrogens with one attached hydrogen (secondary N) is 2. The minimum Gasteiger partial charge on any atom is -0.331 e. The molecule has 1 aliphatic rings. The number of hydrogen-bond donors (Lipinski definition) is 2. The number of fused-ring (bicyclic) bond motifs is 2. The first-order valence-corrected chi connectivity index (χ1v) is 8.34. The van der Waals surface area contributed by atoms with Crippen molar-refractivity contribution in [3.05, 3.63) is 34.9 Å². The van der Waals surface area contributed by atoms with E-state index in [0.29, 0.717) is 6.54 Å². The van der Waals surface area contributed by atoms with Gasteiger partial charge in [0, 0.05) is 18.7 Å². The summed E-state index contributed by atoms with van der Waals surface area (Å²) in [6.45, 7) is 3.28. The standard InChI is InChI=1S/C15H16N6OS/c1-9-17-11-7-10(4-5-12(11)23-9)18-15(22)16-8-14-20-19-13-3-2-6-21(13)14/h4-5,7H,2-3,6,8H2,1H3,(H2,16,18,22). The average Bonchev–Trinajstić information content (AvgIpc) is 3.19. The predicted octanol–water partition coefficient (Wildman–Crippen LogP) is 2.46. The Kier molecular flexibility index (Phi) is 3.45. The fourth-order valence-corrected chi connectivity index (χ4v) is 3.60. The number of carbonyl (C=O) groups is 1. The van der Waals surface area contributed by atoms with Crippen LogP contribution in [0.3, 0.4) is 0 Å². The van der Waals surface area contributed by atoms with E-state index in [9.17, 15) is 4.79 Å². The zero-order valence-corrected chi connectivity index (χ0v) is 13.5. The second kappa shape index (κ2) is 5.62. The molecule has 1 aromatic carbocycles. The molecule has 2 aromatic heterocycles. The second-order valence-corrected chi connectivity index (χ2v) is 6.75. The normalized spacial score (nSPS) is 13.3. The smallest absolute Gasteiger partial charge is 0.319 e. The number of thiazole rings is 1. The largest absolute Gasteiger partial charge is 0.331 e. The van der Waals surface area contributed by atoms with Crippen molar-refractivity contribution in [2.45, 2.75) is 32.9 Å². The topological polar surface area (TPSA) is 84.7 Å². The molecule has 0 saturated carbocycles. The van der Waals surface area contributed by atoms with Crippen molar-refractivity contribution in [2.75, 3.05) is 5.32 Å². The van der Waals surface area contributed by atoms with Gasteiger partial charge in [0.1, 0.15) is 5.82 Å². The molecule has 118 valence electrons. The molecule has 0 radical (unpaired) electrons. The molecule has 0 saturated heterocycles. The van der Waals surface area contributed by atoms with E-state index >= 15 is 0 Å². The number of rotatable bonds is 3. The molecule has 0 fully saturated rings. The number of amides is 2. The Morgan fingerprint density at radius 3 is 3.22 bits per heavy atom. The van der Waals surface area contributed by atoms with E-state index in [2.05, 4.69) is 30.4 Å². The molecule has 8 heteroatoms. The van der Waals surface area contributed by atoms with Crippen LogP contribution in [0.5, 0.6) is 0 Å². The Morgan fingerprint density at radius 2 is 2.30 bits per heavy atom. The van der Waals surface area contributed by atoms with Gasteiger partial charge in [-0.15, -0.1) is 21.5 Å². The van der Waals surface area contributed by atoms with Crippen LogP contribution in [0.25, 0.3) is 10.2 Å². The lowest BCUT2D eigenvalue weighted by Crippen LogP contribution is -2.29. The molecule has 1 aliphatic heterocycles. The van der Waals surface area contributed by atoms with E-state index in [1.807, 2.05) is 25.1 Å². The van der Waals surface area contributed by atoms with E-state index in [4.69, 9.17) is 0 Å². The van der Waals surface area contributed by atoms with Crippen LogP contribution in [0.15, 0.2) is 18.2 Å². The summed E-state index contributed by atoms with van der Waals surface area (Å²) in [7, 11) is 0. The number of hydrogen-bond acceptors (Lipinski definition) is 5. The lowest BCUT2D eigenvalue weighted by molar-refractivity contribution is 0.251. The highest BCUT2D eigenvalue weighted by molar-refractivity contribution is 7.18. The van der Waals surface area contributed by atoms with Gasteiger partial charge in [0.2, 0.25) is 0 Å². The Balaban J connectivity index is 1.40. The molecule has 0 spiro atoms. The van der Waals surface area contributed by atoms with Gasteiger partial charge in [-0.25, -0.2) is 9.78 Å². The summed E-state index contributed by atoms with van der Waals surface area (Å²) in [6.07, 6.45) is 2.06. The monoisotopic (exact) mass is 328 g/mol. The van der Waals surface area contributed by atoms with E-state index in [1.165, 1.54) is 0 Å². The van der Waals surface area contributed by atoms with Crippen LogP contribution in [0.2, 0.25) is 0 Å². The van der Waals surface area contributed by atoms with Crippen molar-refractivity contribution in [1.29, 1.82) is 0 Å². The third-order valence-corrected chi connectivity index (χ3v) is 4.80. The van der Waals surface area contributed by atoms with Gasteiger partial charge in [-0.05, 0) is 31.5 Å². The lowest BCUT2D eigenvalue weighted by atomic mass is 10.3. The number of carbonyl (C=O) groups excluding carboxylic acids is 1. The molecule has 7 nitrogen and oxygen atoms in total. The molecule has 0 atom stereocenters. The fraction of sp³-hybridized carbons (Fsp3) is 0.333. The van der Waals surface area contributed by atoms with Gasteiger partial charge in [-0.1, -0.05) is 0 Å². The van der Waals surface area contributed by atoms with Crippen molar-refractivity contribution in [2.24, 2.45) is 0 Å². The van der Waals surface area contributed by atoms with Gasteiger partial charge < -0.3 is 15.2 Å². The predicted molar refractivity (Wildman–Crippen MR) is 88.6 cm³/mol. The van der Waals surface area contributed by atoms with Gasteiger partial charge in [-0.2, -0.15) is 0 Å². The Labute approximate surface area is 136 Å². The van der Waals surface area contributed by atoms with Gasteiger partial charge in [0.15, 0.2) is 5.82 Å². The number of aryl methyl sites for hydroxylation is 2. The molecule has 2 N–H and O–H groups in total. The maximum absolute atomic E-state index is 12.1. The molecular weight excluding hydrogens is 312 g/mol. The minimum atomic E-state index is -0.258. The quantitative estimate of drug-likeness (QED) is 0.773. The summed E-state index contributed by atoms with van der Waals surface area (Å²) in [5, 5.41) is 14.9. The third-order valence-electron chi connectivity index (χ3n) is 3.85. The highest BCUT2D eigenvalue weighted by Gasteiger charge is 2.17. The molecule has 0 bridgehead atoms. The average molecular weight is 328 g/mol. The van der Waals surface area contributed by atoms with E-state index in [1.54, 1.807) is 11.3 Å². The van der Waals surface area contributed by atoms with Crippen LogP contribution in [0.4, 0.5) is 10.5 Å². The van der Waals surface area contributed by atoms with Crippen molar-refractivity contribution < 1.29 is 4.79 Å². The Bertz CT molecular complexity index is 883. The number of benzene rings is 1. The van der Waals surface area contributed by atoms with Crippen LogP contribution in [0, 0.1) is 6.92 Å².